The van der Waals surface area contributed by atoms with E-state index in [0.717, 1.165) is 24.6 Å². The van der Waals surface area contributed by atoms with Crippen molar-refractivity contribution in [3.63, 3.8) is 0 Å². The van der Waals surface area contributed by atoms with Gasteiger partial charge >= 0.3 is 5.97 Å². The molecule has 1 aliphatic rings. The summed E-state index contributed by atoms with van der Waals surface area (Å²) in [5.41, 5.74) is 3.24. The predicted octanol–water partition coefficient (Wildman–Crippen LogP) is 3.73. The van der Waals surface area contributed by atoms with E-state index in [2.05, 4.69) is 0 Å². The van der Waals surface area contributed by atoms with E-state index in [1.165, 1.54) is 11.1 Å². The summed E-state index contributed by atoms with van der Waals surface area (Å²) in [4.78, 5) is 23.9. The van der Waals surface area contributed by atoms with Gasteiger partial charge in [-0.15, -0.1) is 0 Å². The molecule has 4 rings (SSSR count). The summed E-state index contributed by atoms with van der Waals surface area (Å²) in [5, 5.41) is 0.835. The summed E-state index contributed by atoms with van der Waals surface area (Å²) >= 11 is 0. The SMILES string of the molecule is O=C(COc1ccc2c(c1)CCC2)OCC(=O)c1cc2ccccc2o1. The van der Waals surface area contributed by atoms with Gasteiger partial charge in [0, 0.05) is 5.39 Å². The minimum absolute atomic E-state index is 0.179. The molecule has 0 radical (unpaired) electrons. The number of para-hydroxylation sites is 1. The van der Waals surface area contributed by atoms with E-state index in [1.54, 1.807) is 12.1 Å². The van der Waals surface area contributed by atoms with Crippen LogP contribution in [0.5, 0.6) is 5.75 Å². The highest BCUT2D eigenvalue weighted by molar-refractivity contribution is 5.99. The fourth-order valence-electron chi connectivity index (χ4n) is 3.16. The third-order valence-corrected chi connectivity index (χ3v) is 4.49. The van der Waals surface area contributed by atoms with Gasteiger partial charge in [-0.25, -0.2) is 4.79 Å². The number of carbonyl (C=O) groups excluding carboxylic acids is 2. The minimum atomic E-state index is -0.588. The number of furan rings is 1. The number of ether oxygens (including phenoxy) is 2. The maximum Gasteiger partial charge on any atom is 0.344 e. The predicted molar refractivity (Wildman–Crippen MR) is 95.5 cm³/mol. The maximum absolute atomic E-state index is 12.1. The second-order valence-corrected chi connectivity index (χ2v) is 6.31. The number of benzene rings is 2. The molecule has 1 heterocycles. The number of aryl methyl sites for hydroxylation is 2. The average Bonchev–Trinajstić information content (AvgIpc) is 3.30. The summed E-state index contributed by atoms with van der Waals surface area (Å²) in [6.07, 6.45) is 3.30. The van der Waals surface area contributed by atoms with Crippen molar-refractivity contribution in [2.45, 2.75) is 19.3 Å². The summed E-state index contributed by atoms with van der Waals surface area (Å²) in [6.45, 7) is -0.599. The summed E-state index contributed by atoms with van der Waals surface area (Å²) in [5.74, 6) is -0.146. The molecule has 1 aromatic heterocycles. The van der Waals surface area contributed by atoms with Gasteiger partial charge in [0.15, 0.2) is 19.0 Å². The Balaban J connectivity index is 1.29. The molecule has 2 aromatic carbocycles. The van der Waals surface area contributed by atoms with Crippen molar-refractivity contribution in [3.05, 3.63) is 65.4 Å². The Morgan fingerprint density at radius 3 is 2.69 bits per heavy atom. The molecular weight excluding hydrogens is 332 g/mol. The Bertz CT molecular complexity index is 936. The molecule has 0 fully saturated rings. The van der Waals surface area contributed by atoms with E-state index >= 15 is 0 Å². The zero-order valence-electron chi connectivity index (χ0n) is 14.2. The van der Waals surface area contributed by atoms with Crippen LogP contribution in [0.1, 0.15) is 28.1 Å². The second kappa shape index (κ2) is 7.04. The standard InChI is InChI=1S/C21H18O5/c22-18(20-11-16-4-1-2-7-19(16)26-20)12-25-21(23)13-24-17-9-8-14-5-3-6-15(14)10-17/h1-2,4,7-11H,3,5-6,12-13H2. The molecule has 26 heavy (non-hydrogen) atoms. The topological polar surface area (TPSA) is 65.7 Å². The largest absolute Gasteiger partial charge is 0.482 e. The number of ketones is 1. The van der Waals surface area contributed by atoms with Gasteiger partial charge in [0.05, 0.1) is 0 Å². The fourth-order valence-corrected chi connectivity index (χ4v) is 3.16. The van der Waals surface area contributed by atoms with Crippen LogP contribution in [0.15, 0.2) is 52.9 Å². The Kier molecular flexibility index (Phi) is 4.44. The minimum Gasteiger partial charge on any atom is -0.482 e. The quantitative estimate of drug-likeness (QED) is 0.501. The van der Waals surface area contributed by atoms with Gasteiger partial charge in [-0.3, -0.25) is 4.79 Å². The highest BCUT2D eigenvalue weighted by atomic mass is 16.6. The molecule has 5 heteroatoms. The molecule has 132 valence electrons. The Hall–Kier alpha value is -3.08. The lowest BCUT2D eigenvalue weighted by atomic mass is 10.1. The van der Waals surface area contributed by atoms with Crippen molar-refractivity contribution in [2.24, 2.45) is 0 Å². The van der Waals surface area contributed by atoms with E-state index in [0.29, 0.717) is 11.3 Å². The van der Waals surface area contributed by atoms with Crippen LogP contribution in [-0.4, -0.2) is 25.0 Å². The van der Waals surface area contributed by atoms with Crippen LogP contribution in [0.25, 0.3) is 11.0 Å². The Morgan fingerprint density at radius 1 is 0.962 bits per heavy atom. The molecule has 3 aromatic rings. The molecule has 5 nitrogen and oxygen atoms in total. The maximum atomic E-state index is 12.1. The summed E-state index contributed by atoms with van der Waals surface area (Å²) < 4.78 is 15.9. The zero-order valence-corrected chi connectivity index (χ0v) is 14.2. The fraction of sp³-hybridized carbons (Fsp3) is 0.238. The van der Waals surface area contributed by atoms with E-state index < -0.39 is 5.97 Å². The van der Waals surface area contributed by atoms with Crippen molar-refractivity contribution in [3.8, 4) is 5.75 Å². The molecular formula is C21H18O5. The summed E-state index contributed by atoms with van der Waals surface area (Å²) in [7, 11) is 0. The number of Topliss-reactive ketones (excluding diaryl/α,β-unsaturated/α-hetero) is 1. The number of hydrogen-bond donors (Lipinski definition) is 0. The summed E-state index contributed by atoms with van der Waals surface area (Å²) in [6, 6.07) is 14.8. The first-order valence-corrected chi connectivity index (χ1v) is 8.61. The monoisotopic (exact) mass is 350 g/mol. The highest BCUT2D eigenvalue weighted by Crippen LogP contribution is 2.26. The van der Waals surface area contributed by atoms with E-state index in [1.807, 2.05) is 36.4 Å². The lowest BCUT2D eigenvalue weighted by molar-refractivity contribution is -0.144. The van der Waals surface area contributed by atoms with Crippen LogP contribution in [0.4, 0.5) is 0 Å². The second-order valence-electron chi connectivity index (χ2n) is 6.31. The molecule has 0 aliphatic heterocycles. The number of fused-ring (bicyclic) bond motifs is 2. The Morgan fingerprint density at radius 2 is 1.81 bits per heavy atom. The number of hydrogen-bond acceptors (Lipinski definition) is 5. The van der Waals surface area contributed by atoms with Crippen molar-refractivity contribution < 1.29 is 23.5 Å². The van der Waals surface area contributed by atoms with Gasteiger partial charge in [0.2, 0.25) is 5.78 Å². The highest BCUT2D eigenvalue weighted by Gasteiger charge is 2.16. The van der Waals surface area contributed by atoms with Crippen LogP contribution in [0, 0.1) is 0 Å². The number of rotatable bonds is 6. The third kappa shape index (κ3) is 3.47. The zero-order chi connectivity index (χ0) is 17.9. The van der Waals surface area contributed by atoms with E-state index in [-0.39, 0.29) is 24.8 Å². The molecule has 0 unspecified atom stereocenters. The van der Waals surface area contributed by atoms with Gasteiger partial charge < -0.3 is 13.9 Å². The van der Waals surface area contributed by atoms with Crippen LogP contribution >= 0.6 is 0 Å². The van der Waals surface area contributed by atoms with Gasteiger partial charge in [0.25, 0.3) is 0 Å². The molecule has 0 saturated carbocycles. The number of esters is 1. The number of carbonyl (C=O) groups is 2. The average molecular weight is 350 g/mol. The van der Waals surface area contributed by atoms with Crippen molar-refractivity contribution in [1.29, 1.82) is 0 Å². The van der Waals surface area contributed by atoms with Crippen LogP contribution < -0.4 is 4.74 Å². The normalized spacial score (nSPS) is 12.8. The van der Waals surface area contributed by atoms with Gasteiger partial charge in [-0.2, -0.15) is 0 Å². The van der Waals surface area contributed by atoms with Crippen molar-refractivity contribution in [2.75, 3.05) is 13.2 Å². The van der Waals surface area contributed by atoms with Gasteiger partial charge in [0.1, 0.15) is 11.3 Å². The third-order valence-electron chi connectivity index (χ3n) is 4.49. The molecule has 0 N–H and O–H groups in total. The molecule has 0 amide bonds. The first kappa shape index (κ1) is 16.4. The lowest BCUT2D eigenvalue weighted by Gasteiger charge is -2.08. The van der Waals surface area contributed by atoms with Crippen LogP contribution in [0.3, 0.4) is 0 Å². The van der Waals surface area contributed by atoms with E-state index in [4.69, 9.17) is 13.9 Å². The van der Waals surface area contributed by atoms with Crippen LogP contribution in [-0.2, 0) is 22.4 Å². The van der Waals surface area contributed by atoms with Crippen molar-refractivity contribution in [1.82, 2.24) is 0 Å². The molecule has 0 bridgehead atoms. The van der Waals surface area contributed by atoms with Crippen LogP contribution in [0.2, 0.25) is 0 Å². The molecule has 0 spiro atoms. The Labute approximate surface area is 150 Å². The smallest absolute Gasteiger partial charge is 0.344 e. The molecule has 0 atom stereocenters. The van der Waals surface area contributed by atoms with Crippen molar-refractivity contribution >= 4 is 22.7 Å². The molecule has 1 aliphatic carbocycles. The van der Waals surface area contributed by atoms with Gasteiger partial charge in [-0.1, -0.05) is 24.3 Å². The van der Waals surface area contributed by atoms with E-state index in [9.17, 15) is 9.59 Å². The van der Waals surface area contributed by atoms with Gasteiger partial charge in [-0.05, 0) is 54.7 Å². The first-order valence-electron chi connectivity index (χ1n) is 8.61. The lowest BCUT2D eigenvalue weighted by Crippen LogP contribution is -2.19. The first-order chi connectivity index (χ1) is 12.7. The molecule has 0 saturated heterocycles.